The van der Waals surface area contributed by atoms with E-state index < -0.39 is 0 Å². The van der Waals surface area contributed by atoms with Gasteiger partial charge in [-0.2, -0.15) is 0 Å². The highest BCUT2D eigenvalue weighted by Crippen LogP contribution is 2.28. The number of aromatic nitrogens is 2. The lowest BCUT2D eigenvalue weighted by Gasteiger charge is -2.13. The lowest BCUT2D eigenvalue weighted by atomic mass is 9.94. The molecule has 2 heterocycles. The average Bonchev–Trinajstić information content (AvgIpc) is 2.48. The Balaban J connectivity index is 1.97. The number of aromatic amines is 1. The van der Waals surface area contributed by atoms with E-state index in [2.05, 4.69) is 30.1 Å². The average molecular weight is 242 g/mol. The molecule has 5 heteroatoms. The van der Waals surface area contributed by atoms with E-state index in [1.807, 2.05) is 12.4 Å². The lowest BCUT2D eigenvalue weighted by Crippen LogP contribution is -2.09. The highest BCUT2D eigenvalue weighted by atomic mass is 32.2. The Hall–Kier alpha value is -0.680. The molecule has 0 spiro atoms. The number of thioether (sulfide) groups is 1. The van der Waals surface area contributed by atoms with E-state index in [0.29, 0.717) is 0 Å². The monoisotopic (exact) mass is 242 g/mol. The minimum atomic E-state index is 0.0436. The summed E-state index contributed by atoms with van der Waals surface area (Å²) in [7, 11) is 0. The minimum Gasteiger partial charge on any atom is -0.444 e. The second kappa shape index (κ2) is 4.06. The summed E-state index contributed by atoms with van der Waals surface area (Å²) < 4.78 is 9.97. The van der Waals surface area contributed by atoms with Gasteiger partial charge in [0.1, 0.15) is 5.76 Å². The first-order valence-electron chi connectivity index (χ1n) is 4.76. The van der Waals surface area contributed by atoms with Crippen LogP contribution in [-0.4, -0.2) is 9.36 Å². The van der Waals surface area contributed by atoms with Crippen LogP contribution in [0.4, 0.5) is 0 Å². The van der Waals surface area contributed by atoms with Gasteiger partial charge in [-0.15, -0.1) is 11.8 Å². The molecule has 2 rings (SSSR count). The van der Waals surface area contributed by atoms with Crippen LogP contribution in [0.3, 0.4) is 0 Å². The van der Waals surface area contributed by atoms with Crippen molar-refractivity contribution in [1.29, 1.82) is 0 Å². The summed E-state index contributed by atoms with van der Waals surface area (Å²) in [6.07, 6.45) is 3.82. The molecule has 0 radical (unpaired) electrons. The zero-order valence-electron chi connectivity index (χ0n) is 9.03. The van der Waals surface area contributed by atoms with Crippen LogP contribution in [0.25, 0.3) is 0 Å². The molecule has 2 aromatic rings. The van der Waals surface area contributed by atoms with Gasteiger partial charge in [-0.25, -0.2) is 4.98 Å². The molecule has 0 saturated carbocycles. The molecule has 0 unspecified atom stereocenters. The number of nitrogens with one attached hydrogen (secondary N) is 1. The number of hydrogen-bond donors (Lipinski definition) is 1. The van der Waals surface area contributed by atoms with Gasteiger partial charge in [-0.1, -0.05) is 32.3 Å². The van der Waals surface area contributed by atoms with Gasteiger partial charge >= 0.3 is 0 Å². The van der Waals surface area contributed by atoms with Crippen molar-refractivity contribution < 1.29 is 4.42 Å². The van der Waals surface area contributed by atoms with Crippen LogP contribution in [0.15, 0.2) is 21.0 Å². The van der Waals surface area contributed by atoms with Gasteiger partial charge in [0, 0.05) is 11.6 Å². The summed E-state index contributed by atoms with van der Waals surface area (Å²) in [5.41, 5.74) is 0.0436. The highest BCUT2D eigenvalue weighted by molar-refractivity contribution is 8.00. The zero-order chi connectivity index (χ0) is 10.9. The summed E-state index contributed by atoms with van der Waals surface area (Å²) in [6.45, 7) is 6.37. The Bertz CT molecular complexity index is 413. The van der Waals surface area contributed by atoms with Crippen LogP contribution < -0.4 is 0 Å². The Morgan fingerprint density at radius 2 is 2.27 bits per heavy atom. The van der Waals surface area contributed by atoms with Crippen LogP contribution in [0.5, 0.6) is 0 Å². The first-order chi connectivity index (χ1) is 7.05. The molecule has 82 valence electrons. The topological polar surface area (TPSA) is 41.8 Å². The van der Waals surface area contributed by atoms with Crippen molar-refractivity contribution in [2.45, 2.75) is 36.1 Å². The fourth-order valence-corrected chi connectivity index (χ4v) is 2.43. The Kier molecular flexibility index (Phi) is 2.93. The molecule has 0 fully saturated rings. The molecule has 0 atom stereocenters. The van der Waals surface area contributed by atoms with Crippen LogP contribution in [0.1, 0.15) is 32.4 Å². The van der Waals surface area contributed by atoms with E-state index in [0.717, 1.165) is 17.4 Å². The maximum atomic E-state index is 5.68. The van der Waals surface area contributed by atoms with E-state index in [4.69, 9.17) is 4.42 Å². The third-order valence-corrected chi connectivity index (χ3v) is 3.92. The van der Waals surface area contributed by atoms with E-state index in [1.54, 1.807) is 23.3 Å². The number of hydrogen-bond acceptors (Lipinski definition) is 4. The van der Waals surface area contributed by atoms with Crippen molar-refractivity contribution in [3.05, 3.63) is 24.0 Å². The normalized spacial score (nSPS) is 12.2. The van der Waals surface area contributed by atoms with E-state index in [9.17, 15) is 0 Å². The van der Waals surface area contributed by atoms with Crippen molar-refractivity contribution in [2.75, 3.05) is 0 Å². The quantitative estimate of drug-likeness (QED) is 0.835. The largest absolute Gasteiger partial charge is 0.444 e. The van der Waals surface area contributed by atoms with Crippen LogP contribution >= 0.6 is 23.3 Å². The van der Waals surface area contributed by atoms with Crippen LogP contribution in [0, 0.1) is 0 Å². The van der Waals surface area contributed by atoms with Gasteiger partial charge < -0.3 is 8.79 Å². The maximum absolute atomic E-state index is 5.68. The molecular weight excluding hydrogens is 228 g/mol. The molecule has 1 N–H and O–H groups in total. The number of nitrogens with zero attached hydrogens (tertiary/aromatic N) is 1. The van der Waals surface area contributed by atoms with Crippen LogP contribution in [-0.2, 0) is 11.2 Å². The van der Waals surface area contributed by atoms with Crippen molar-refractivity contribution in [3.8, 4) is 0 Å². The van der Waals surface area contributed by atoms with Gasteiger partial charge in [-0.05, 0) is 0 Å². The fourth-order valence-electron chi connectivity index (χ4n) is 1.03. The molecule has 0 bridgehead atoms. The van der Waals surface area contributed by atoms with Gasteiger partial charge in [-0.3, -0.25) is 0 Å². The number of H-pyrrole nitrogens is 1. The third-order valence-electron chi connectivity index (χ3n) is 1.97. The smallest absolute Gasteiger partial charge is 0.204 e. The molecule has 0 aliphatic heterocycles. The molecule has 2 aromatic heterocycles. The summed E-state index contributed by atoms with van der Waals surface area (Å²) in [6, 6.07) is 0. The molecule has 15 heavy (non-hydrogen) atoms. The van der Waals surface area contributed by atoms with Crippen molar-refractivity contribution in [2.24, 2.45) is 0 Å². The Morgan fingerprint density at radius 1 is 1.53 bits per heavy atom. The number of rotatable bonds is 3. The van der Waals surface area contributed by atoms with Crippen molar-refractivity contribution >= 4 is 23.3 Å². The summed E-state index contributed by atoms with van der Waals surface area (Å²) >= 11 is 3.39. The summed E-state index contributed by atoms with van der Waals surface area (Å²) in [5.74, 6) is 2.56. The molecule has 0 aliphatic rings. The van der Waals surface area contributed by atoms with Gasteiger partial charge in [0.05, 0.1) is 16.2 Å². The van der Waals surface area contributed by atoms with E-state index in [-0.39, 0.29) is 5.41 Å². The molecule has 0 aromatic carbocycles. The van der Waals surface area contributed by atoms with Gasteiger partial charge in [0.2, 0.25) is 5.89 Å². The first kappa shape index (κ1) is 10.8. The SMILES string of the molecule is CC(C)(C)c1cnc(CSc2c[nH]s2)o1. The van der Waals surface area contributed by atoms with E-state index in [1.165, 1.54) is 4.21 Å². The predicted octanol–water partition coefficient (Wildman–Crippen LogP) is 3.65. The second-order valence-electron chi connectivity index (χ2n) is 4.34. The first-order valence-corrected chi connectivity index (χ1v) is 6.56. The van der Waals surface area contributed by atoms with Crippen LogP contribution in [0.2, 0.25) is 0 Å². The number of oxazole rings is 1. The summed E-state index contributed by atoms with van der Waals surface area (Å²) in [5, 5.41) is 0. The lowest BCUT2D eigenvalue weighted by molar-refractivity contribution is 0.391. The zero-order valence-corrected chi connectivity index (χ0v) is 10.7. The molecule has 3 nitrogen and oxygen atoms in total. The van der Waals surface area contributed by atoms with Gasteiger partial charge in [0.15, 0.2) is 0 Å². The Morgan fingerprint density at radius 3 is 2.73 bits per heavy atom. The van der Waals surface area contributed by atoms with Crippen molar-refractivity contribution in [1.82, 2.24) is 9.36 Å². The molecule has 0 amide bonds. The predicted molar refractivity (Wildman–Crippen MR) is 63.4 cm³/mol. The van der Waals surface area contributed by atoms with E-state index >= 15 is 0 Å². The fraction of sp³-hybridized carbons (Fsp3) is 0.500. The maximum Gasteiger partial charge on any atom is 0.204 e. The molecule has 0 saturated heterocycles. The standard InChI is InChI=1S/C10H14N2OS2/c1-10(2,3)7-4-11-8(13-7)6-14-9-5-12-15-9/h4-5,12H,6H2,1-3H3. The third kappa shape index (κ3) is 2.66. The highest BCUT2D eigenvalue weighted by Gasteiger charge is 2.19. The Labute approximate surface area is 97.4 Å². The van der Waals surface area contributed by atoms with Crippen molar-refractivity contribution in [3.63, 3.8) is 0 Å². The minimum absolute atomic E-state index is 0.0436. The molecular formula is C10H14N2OS2. The van der Waals surface area contributed by atoms with Gasteiger partial charge in [0.25, 0.3) is 0 Å². The second-order valence-corrected chi connectivity index (χ2v) is 6.50. The molecule has 0 aliphatic carbocycles. The summed E-state index contributed by atoms with van der Waals surface area (Å²) in [4.78, 5) is 4.27.